The highest BCUT2D eigenvalue weighted by Gasteiger charge is 2.38. The molecule has 0 aliphatic carbocycles. The minimum atomic E-state index is 0.858. The molecule has 1 N–H and O–H groups in total. The largest absolute Gasteiger partial charge is 0.314 e. The molecule has 0 aromatic rings. The lowest BCUT2D eigenvalue weighted by molar-refractivity contribution is 0.0252. The van der Waals surface area contributed by atoms with Gasteiger partial charge in [-0.1, -0.05) is 6.42 Å². The Morgan fingerprint density at radius 3 is 2.43 bits per heavy atom. The van der Waals surface area contributed by atoms with Crippen LogP contribution in [-0.4, -0.2) is 37.1 Å². The highest BCUT2D eigenvalue weighted by Crippen LogP contribution is 2.36. The van der Waals surface area contributed by atoms with Gasteiger partial charge >= 0.3 is 0 Å². The summed E-state index contributed by atoms with van der Waals surface area (Å²) in [6.45, 7) is 5.43. The molecule has 0 saturated carbocycles. The van der Waals surface area contributed by atoms with E-state index in [9.17, 15) is 0 Å². The van der Waals surface area contributed by atoms with Gasteiger partial charge in [-0.15, -0.1) is 0 Å². The third-order valence-corrected chi connectivity index (χ3v) is 4.57. The summed E-state index contributed by atoms with van der Waals surface area (Å²) in [5, 5.41) is 3.75. The monoisotopic (exact) mass is 194 g/mol. The molecule has 0 aromatic heterocycles. The number of rotatable bonds is 1. The normalized spacial score (nSPS) is 48.0. The van der Waals surface area contributed by atoms with Gasteiger partial charge in [-0.3, -0.25) is 0 Å². The van der Waals surface area contributed by atoms with E-state index in [1.807, 2.05) is 0 Å². The molecule has 0 radical (unpaired) electrons. The SMILES string of the molecule is C1CCC([C@H]2CN3CCC2CC3)NC1. The topological polar surface area (TPSA) is 15.3 Å². The summed E-state index contributed by atoms with van der Waals surface area (Å²) in [5.41, 5.74) is 0. The average molecular weight is 194 g/mol. The first-order chi connectivity index (χ1) is 6.93. The quantitative estimate of drug-likeness (QED) is 0.680. The van der Waals surface area contributed by atoms with E-state index in [1.54, 1.807) is 0 Å². The predicted molar refractivity (Wildman–Crippen MR) is 58.3 cm³/mol. The Morgan fingerprint density at radius 2 is 1.86 bits per heavy atom. The van der Waals surface area contributed by atoms with Crippen molar-refractivity contribution >= 4 is 0 Å². The van der Waals surface area contributed by atoms with E-state index in [0.717, 1.165) is 17.9 Å². The van der Waals surface area contributed by atoms with E-state index in [2.05, 4.69) is 10.2 Å². The minimum absolute atomic E-state index is 0.858. The maximum absolute atomic E-state index is 3.75. The van der Waals surface area contributed by atoms with Crippen molar-refractivity contribution in [2.75, 3.05) is 26.2 Å². The summed E-state index contributed by atoms with van der Waals surface area (Å²) in [7, 11) is 0. The van der Waals surface area contributed by atoms with Crippen molar-refractivity contribution in [1.82, 2.24) is 10.2 Å². The molecule has 4 rings (SSSR count). The van der Waals surface area contributed by atoms with Crippen LogP contribution in [0.2, 0.25) is 0 Å². The Bertz CT molecular complexity index is 190. The molecule has 2 atom stereocenters. The molecule has 4 saturated heterocycles. The van der Waals surface area contributed by atoms with Crippen LogP contribution in [0.1, 0.15) is 32.1 Å². The van der Waals surface area contributed by atoms with Crippen LogP contribution in [0.3, 0.4) is 0 Å². The number of nitrogens with zero attached hydrogens (tertiary/aromatic N) is 1. The molecule has 14 heavy (non-hydrogen) atoms. The van der Waals surface area contributed by atoms with Crippen molar-refractivity contribution in [2.24, 2.45) is 11.8 Å². The lowest BCUT2D eigenvalue weighted by Crippen LogP contribution is -2.55. The molecular weight excluding hydrogens is 172 g/mol. The molecule has 2 heteroatoms. The summed E-state index contributed by atoms with van der Waals surface area (Å²) in [4.78, 5) is 2.68. The van der Waals surface area contributed by atoms with Crippen LogP contribution >= 0.6 is 0 Å². The van der Waals surface area contributed by atoms with Crippen LogP contribution in [0.4, 0.5) is 0 Å². The summed E-state index contributed by atoms with van der Waals surface area (Å²) >= 11 is 0. The van der Waals surface area contributed by atoms with Crippen LogP contribution in [0.15, 0.2) is 0 Å². The van der Waals surface area contributed by atoms with Crippen molar-refractivity contribution in [3.8, 4) is 0 Å². The second kappa shape index (κ2) is 3.82. The Labute approximate surface area is 87.0 Å². The van der Waals surface area contributed by atoms with Gasteiger partial charge in [0.1, 0.15) is 0 Å². The van der Waals surface area contributed by atoms with Crippen molar-refractivity contribution < 1.29 is 0 Å². The summed E-state index contributed by atoms with van der Waals surface area (Å²) in [5.74, 6) is 2.04. The Kier molecular flexibility index (Phi) is 2.50. The average Bonchev–Trinajstić information content (AvgIpc) is 2.32. The summed E-state index contributed by atoms with van der Waals surface area (Å²) < 4.78 is 0. The van der Waals surface area contributed by atoms with Gasteiger partial charge in [-0.2, -0.15) is 0 Å². The zero-order chi connectivity index (χ0) is 9.38. The number of hydrogen-bond donors (Lipinski definition) is 1. The predicted octanol–water partition coefficient (Wildman–Crippen LogP) is 1.47. The standard InChI is InChI=1S/C12H22N2/c1-2-6-13-12(3-1)11-9-14-7-4-10(11)5-8-14/h10-13H,1-9H2/t11-,12?/m0/s1. The molecule has 0 spiro atoms. The van der Waals surface area contributed by atoms with Gasteiger partial charge in [0.25, 0.3) is 0 Å². The summed E-state index contributed by atoms with van der Waals surface area (Å²) in [6.07, 6.45) is 7.25. The molecule has 4 fully saturated rings. The van der Waals surface area contributed by atoms with Crippen LogP contribution in [-0.2, 0) is 0 Å². The Morgan fingerprint density at radius 1 is 1.00 bits per heavy atom. The zero-order valence-corrected chi connectivity index (χ0v) is 9.04. The van der Waals surface area contributed by atoms with Crippen molar-refractivity contribution in [3.63, 3.8) is 0 Å². The van der Waals surface area contributed by atoms with Gasteiger partial charge in [0.2, 0.25) is 0 Å². The third-order valence-electron chi connectivity index (χ3n) is 4.57. The highest BCUT2D eigenvalue weighted by molar-refractivity contribution is 4.93. The van der Waals surface area contributed by atoms with E-state index in [1.165, 1.54) is 58.3 Å². The van der Waals surface area contributed by atoms with Crippen LogP contribution in [0, 0.1) is 11.8 Å². The molecule has 80 valence electrons. The van der Waals surface area contributed by atoms with E-state index in [0.29, 0.717) is 0 Å². The fraction of sp³-hybridized carbons (Fsp3) is 1.00. The smallest absolute Gasteiger partial charge is 0.0110 e. The molecule has 2 bridgehead atoms. The molecule has 4 heterocycles. The minimum Gasteiger partial charge on any atom is -0.314 e. The zero-order valence-electron chi connectivity index (χ0n) is 9.04. The summed E-state index contributed by atoms with van der Waals surface area (Å²) in [6, 6.07) is 0.858. The van der Waals surface area contributed by atoms with Gasteiger partial charge in [0.05, 0.1) is 0 Å². The van der Waals surface area contributed by atoms with Gasteiger partial charge in [0, 0.05) is 12.6 Å². The molecule has 4 aliphatic rings. The molecule has 0 amide bonds. The number of nitrogens with one attached hydrogen (secondary N) is 1. The fourth-order valence-corrected chi connectivity index (χ4v) is 3.71. The van der Waals surface area contributed by atoms with E-state index in [-0.39, 0.29) is 0 Å². The lowest BCUT2D eigenvalue weighted by atomic mass is 9.73. The molecule has 1 unspecified atom stereocenters. The van der Waals surface area contributed by atoms with Crippen LogP contribution in [0.5, 0.6) is 0 Å². The van der Waals surface area contributed by atoms with Crippen molar-refractivity contribution in [2.45, 2.75) is 38.1 Å². The molecule has 4 aliphatic heterocycles. The number of hydrogen-bond acceptors (Lipinski definition) is 2. The van der Waals surface area contributed by atoms with Crippen molar-refractivity contribution in [1.29, 1.82) is 0 Å². The first-order valence-corrected chi connectivity index (χ1v) is 6.39. The Hall–Kier alpha value is -0.0800. The number of fused-ring (bicyclic) bond motifs is 3. The maximum atomic E-state index is 3.75. The molecule has 0 aromatic carbocycles. The van der Waals surface area contributed by atoms with E-state index in [4.69, 9.17) is 0 Å². The van der Waals surface area contributed by atoms with Gasteiger partial charge in [-0.25, -0.2) is 0 Å². The molecular formula is C12H22N2. The second-order valence-corrected chi connectivity index (χ2v) is 5.36. The van der Waals surface area contributed by atoms with E-state index >= 15 is 0 Å². The fourth-order valence-electron chi connectivity index (χ4n) is 3.71. The highest BCUT2D eigenvalue weighted by atomic mass is 15.2. The van der Waals surface area contributed by atoms with Gasteiger partial charge < -0.3 is 10.2 Å². The first kappa shape index (κ1) is 9.17. The third kappa shape index (κ3) is 1.59. The first-order valence-electron chi connectivity index (χ1n) is 6.39. The van der Waals surface area contributed by atoms with Crippen LogP contribution < -0.4 is 5.32 Å². The van der Waals surface area contributed by atoms with E-state index < -0.39 is 0 Å². The van der Waals surface area contributed by atoms with Gasteiger partial charge in [-0.05, 0) is 57.2 Å². The molecule has 2 nitrogen and oxygen atoms in total. The second-order valence-electron chi connectivity index (χ2n) is 5.36. The van der Waals surface area contributed by atoms with Crippen molar-refractivity contribution in [3.05, 3.63) is 0 Å². The number of piperidine rings is 4. The van der Waals surface area contributed by atoms with Crippen LogP contribution in [0.25, 0.3) is 0 Å². The maximum Gasteiger partial charge on any atom is 0.0110 e. The van der Waals surface area contributed by atoms with Gasteiger partial charge in [0.15, 0.2) is 0 Å². The lowest BCUT2D eigenvalue weighted by Gasteiger charge is -2.48. The Balaban J connectivity index is 1.66.